The van der Waals surface area contributed by atoms with Crippen molar-refractivity contribution in [2.24, 2.45) is 0 Å². The average molecular weight is 215 g/mol. The van der Waals surface area contributed by atoms with Gasteiger partial charge in [0, 0.05) is 0 Å². The normalized spacial score (nSPS) is 11.4. The van der Waals surface area contributed by atoms with E-state index in [2.05, 4.69) is 34.8 Å². The molecule has 0 aliphatic rings. The molecule has 4 nitrogen and oxygen atoms in total. The second-order valence-electron chi connectivity index (χ2n) is 3.50. The second kappa shape index (κ2) is 4.06. The number of hydrogen-bond donors (Lipinski definition) is 0. The molecule has 0 saturated carbocycles. The Kier molecular flexibility index (Phi) is 3.26. The maximum absolute atomic E-state index is 5.58. The zero-order valence-electron chi connectivity index (χ0n) is 8.24. The Morgan fingerprint density at radius 1 is 1.38 bits per heavy atom. The first kappa shape index (κ1) is 10.5. The molecule has 1 heterocycles. The zero-order chi connectivity index (χ0) is 9.90. The third-order valence-corrected chi connectivity index (χ3v) is 2.53. The molecule has 0 aromatic carbocycles. The lowest BCUT2D eigenvalue weighted by atomic mass is 10.9. The molecule has 0 aliphatic heterocycles. The highest BCUT2D eigenvalue weighted by Crippen LogP contribution is 2.14. The van der Waals surface area contributed by atoms with E-state index in [4.69, 9.17) is 4.43 Å². The summed E-state index contributed by atoms with van der Waals surface area (Å²) in [4.78, 5) is 4.18. The summed E-state index contributed by atoms with van der Waals surface area (Å²) in [7, 11) is -1.61. The van der Waals surface area contributed by atoms with Crippen LogP contribution in [0.5, 0.6) is 6.01 Å². The van der Waals surface area contributed by atoms with Crippen molar-refractivity contribution in [3.05, 3.63) is 6.20 Å². The lowest BCUT2D eigenvalue weighted by Gasteiger charge is -2.16. The summed E-state index contributed by atoms with van der Waals surface area (Å²) in [6.07, 6.45) is 3.57. The summed E-state index contributed by atoms with van der Waals surface area (Å²) in [5.41, 5.74) is 0. The SMILES string of the molecule is CSc1cnnc(O[Si](C)(C)C)n1. The first-order chi connectivity index (χ1) is 6.01. The third-order valence-electron chi connectivity index (χ3n) is 1.12. The summed E-state index contributed by atoms with van der Waals surface area (Å²) < 4.78 is 5.58. The molecule has 0 unspecified atom stereocenters. The van der Waals surface area contributed by atoms with Gasteiger partial charge < -0.3 is 4.43 Å². The van der Waals surface area contributed by atoms with Crippen LogP contribution in [0.2, 0.25) is 19.6 Å². The van der Waals surface area contributed by atoms with E-state index in [-0.39, 0.29) is 0 Å². The number of rotatable bonds is 3. The predicted octanol–water partition coefficient (Wildman–Crippen LogP) is 1.81. The quantitative estimate of drug-likeness (QED) is 0.568. The van der Waals surface area contributed by atoms with Crippen molar-refractivity contribution in [1.29, 1.82) is 0 Å². The van der Waals surface area contributed by atoms with Gasteiger partial charge in [-0.15, -0.1) is 11.8 Å². The van der Waals surface area contributed by atoms with Crippen LogP contribution in [0.1, 0.15) is 0 Å². The fraction of sp³-hybridized carbons (Fsp3) is 0.571. The molecule has 0 radical (unpaired) electrons. The van der Waals surface area contributed by atoms with Crippen LogP contribution in [-0.4, -0.2) is 29.8 Å². The van der Waals surface area contributed by atoms with Crippen molar-refractivity contribution in [3.63, 3.8) is 0 Å². The fourth-order valence-electron chi connectivity index (χ4n) is 0.689. The van der Waals surface area contributed by atoms with Crippen molar-refractivity contribution >= 4 is 20.1 Å². The van der Waals surface area contributed by atoms with Crippen LogP contribution in [0, 0.1) is 0 Å². The van der Waals surface area contributed by atoms with Gasteiger partial charge in [0.05, 0.1) is 6.20 Å². The van der Waals surface area contributed by atoms with Crippen molar-refractivity contribution in [3.8, 4) is 6.01 Å². The van der Waals surface area contributed by atoms with Gasteiger partial charge in [-0.05, 0) is 25.9 Å². The van der Waals surface area contributed by atoms with E-state index in [1.54, 1.807) is 6.20 Å². The van der Waals surface area contributed by atoms with Crippen LogP contribution >= 0.6 is 11.8 Å². The molecule has 0 saturated heterocycles. The Hall–Kier alpha value is -0.623. The Morgan fingerprint density at radius 3 is 2.62 bits per heavy atom. The minimum absolute atomic E-state index is 0.394. The van der Waals surface area contributed by atoms with Crippen molar-refractivity contribution in [2.75, 3.05) is 6.26 Å². The maximum Gasteiger partial charge on any atom is 0.322 e. The fourth-order valence-corrected chi connectivity index (χ4v) is 1.64. The van der Waals surface area contributed by atoms with Gasteiger partial charge in [0.2, 0.25) is 8.32 Å². The van der Waals surface area contributed by atoms with Crippen molar-refractivity contribution in [2.45, 2.75) is 24.7 Å². The van der Waals surface area contributed by atoms with Crippen molar-refractivity contribution in [1.82, 2.24) is 15.2 Å². The van der Waals surface area contributed by atoms with E-state index in [0.29, 0.717) is 6.01 Å². The monoisotopic (exact) mass is 215 g/mol. The average Bonchev–Trinajstić information content (AvgIpc) is 2.01. The number of nitrogens with zero attached hydrogens (tertiary/aromatic N) is 3. The molecule has 1 aromatic rings. The molecule has 6 heteroatoms. The van der Waals surface area contributed by atoms with Crippen LogP contribution in [0.25, 0.3) is 0 Å². The Morgan fingerprint density at radius 2 is 2.08 bits per heavy atom. The Bertz CT molecular complexity index is 289. The molecule has 72 valence electrons. The van der Waals surface area contributed by atoms with Crippen LogP contribution in [0.15, 0.2) is 11.2 Å². The summed E-state index contributed by atoms with van der Waals surface area (Å²) in [5, 5.41) is 8.45. The zero-order valence-corrected chi connectivity index (χ0v) is 10.1. The van der Waals surface area contributed by atoms with E-state index < -0.39 is 8.32 Å². The largest absolute Gasteiger partial charge is 0.517 e. The highest BCUT2D eigenvalue weighted by atomic mass is 32.2. The van der Waals surface area contributed by atoms with Gasteiger partial charge in [-0.2, -0.15) is 10.1 Å². The molecule has 0 amide bonds. The van der Waals surface area contributed by atoms with Crippen LogP contribution in [-0.2, 0) is 0 Å². The molecule has 0 aliphatic carbocycles. The van der Waals surface area contributed by atoms with Gasteiger partial charge in [-0.1, -0.05) is 5.10 Å². The van der Waals surface area contributed by atoms with E-state index in [9.17, 15) is 0 Å². The number of aromatic nitrogens is 3. The minimum atomic E-state index is -1.61. The molecule has 0 spiro atoms. The first-order valence-corrected chi connectivity index (χ1v) is 8.57. The molecular weight excluding hydrogens is 202 g/mol. The summed E-state index contributed by atoms with van der Waals surface area (Å²) >= 11 is 1.53. The molecular formula is C7H13N3OSSi. The van der Waals surface area contributed by atoms with Crippen molar-refractivity contribution < 1.29 is 4.43 Å². The van der Waals surface area contributed by atoms with E-state index in [0.717, 1.165) is 5.03 Å². The minimum Gasteiger partial charge on any atom is -0.517 e. The Labute approximate surface area is 83.3 Å². The molecule has 1 rings (SSSR count). The summed E-state index contributed by atoms with van der Waals surface area (Å²) in [6.45, 7) is 6.26. The third kappa shape index (κ3) is 3.73. The van der Waals surface area contributed by atoms with E-state index >= 15 is 0 Å². The van der Waals surface area contributed by atoms with E-state index in [1.807, 2.05) is 6.26 Å². The Balaban J connectivity index is 2.78. The molecule has 1 aromatic heterocycles. The molecule has 0 fully saturated rings. The number of hydrogen-bond acceptors (Lipinski definition) is 5. The van der Waals surface area contributed by atoms with Gasteiger partial charge >= 0.3 is 6.01 Å². The van der Waals surface area contributed by atoms with Crippen LogP contribution < -0.4 is 4.43 Å². The molecule has 0 bridgehead atoms. The predicted molar refractivity (Wildman–Crippen MR) is 55.6 cm³/mol. The van der Waals surface area contributed by atoms with Gasteiger partial charge in [-0.3, -0.25) is 0 Å². The van der Waals surface area contributed by atoms with Gasteiger partial charge in [0.25, 0.3) is 0 Å². The van der Waals surface area contributed by atoms with Crippen LogP contribution in [0.4, 0.5) is 0 Å². The molecule has 0 atom stereocenters. The summed E-state index contributed by atoms with van der Waals surface area (Å²) in [5.74, 6) is 0. The smallest absolute Gasteiger partial charge is 0.322 e. The van der Waals surface area contributed by atoms with Gasteiger partial charge in [-0.25, -0.2) is 0 Å². The van der Waals surface area contributed by atoms with Gasteiger partial charge in [0.1, 0.15) is 5.03 Å². The molecule has 0 N–H and O–H groups in total. The van der Waals surface area contributed by atoms with Gasteiger partial charge in [0.15, 0.2) is 0 Å². The topological polar surface area (TPSA) is 47.9 Å². The lowest BCUT2D eigenvalue weighted by molar-refractivity contribution is 0.489. The standard InChI is InChI=1S/C7H13N3OSSi/c1-12-6-5-8-10-7(9-6)11-13(2,3)4/h5H,1-4H3. The lowest BCUT2D eigenvalue weighted by Crippen LogP contribution is -2.30. The first-order valence-electron chi connectivity index (χ1n) is 3.94. The second-order valence-corrected chi connectivity index (χ2v) is 8.75. The highest BCUT2D eigenvalue weighted by molar-refractivity contribution is 7.98. The summed E-state index contributed by atoms with van der Waals surface area (Å²) in [6, 6.07) is 0.394. The van der Waals surface area contributed by atoms with E-state index in [1.165, 1.54) is 11.8 Å². The molecule has 13 heavy (non-hydrogen) atoms. The highest BCUT2D eigenvalue weighted by Gasteiger charge is 2.18. The maximum atomic E-state index is 5.58. The van der Waals surface area contributed by atoms with Crippen LogP contribution in [0.3, 0.4) is 0 Å². The number of thioether (sulfide) groups is 1.